The van der Waals surface area contributed by atoms with Crippen LogP contribution in [0, 0.1) is 19.3 Å². The van der Waals surface area contributed by atoms with E-state index in [9.17, 15) is 4.79 Å². The van der Waals surface area contributed by atoms with Gasteiger partial charge in [-0.25, -0.2) is 4.98 Å². The summed E-state index contributed by atoms with van der Waals surface area (Å²) in [6.45, 7) is 2.09. The van der Waals surface area contributed by atoms with Crippen molar-refractivity contribution in [3.8, 4) is 12.3 Å². The molecule has 4 heteroatoms. The number of terminal acetylenes is 1. The highest BCUT2D eigenvalue weighted by atomic mass is 16.2. The average Bonchev–Trinajstić information content (AvgIpc) is 2.51. The molecule has 0 fully saturated rings. The molecule has 4 nitrogen and oxygen atoms in total. The Morgan fingerprint density at radius 1 is 1.85 bits per heavy atom. The van der Waals surface area contributed by atoms with Crippen molar-refractivity contribution < 1.29 is 4.79 Å². The molecule has 0 radical (unpaired) electrons. The third kappa shape index (κ3) is 2.09. The summed E-state index contributed by atoms with van der Waals surface area (Å²) in [5, 5.41) is 0. The highest BCUT2D eigenvalue weighted by Crippen LogP contribution is 1.99. The summed E-state index contributed by atoms with van der Waals surface area (Å²) in [6.07, 6.45) is 6.59. The fourth-order valence-corrected chi connectivity index (χ4v) is 0.944. The summed E-state index contributed by atoms with van der Waals surface area (Å²) in [6, 6.07) is 0. The molecule has 0 atom stereocenters. The van der Waals surface area contributed by atoms with Gasteiger partial charge in [-0.05, 0) is 6.92 Å². The summed E-state index contributed by atoms with van der Waals surface area (Å²) >= 11 is 0. The van der Waals surface area contributed by atoms with Crippen LogP contribution in [0.2, 0.25) is 0 Å². The van der Waals surface area contributed by atoms with E-state index >= 15 is 0 Å². The maximum absolute atomic E-state index is 11.5. The number of nitrogens with zero attached hydrogens (tertiary/aromatic N) is 2. The summed E-state index contributed by atoms with van der Waals surface area (Å²) < 4.78 is 0. The number of aryl methyl sites for hydroxylation is 1. The van der Waals surface area contributed by atoms with Crippen LogP contribution in [-0.4, -0.2) is 34.4 Å². The highest BCUT2D eigenvalue weighted by molar-refractivity contribution is 5.92. The van der Waals surface area contributed by atoms with Crippen LogP contribution >= 0.6 is 0 Å². The number of carbonyl (C=O) groups is 1. The zero-order chi connectivity index (χ0) is 9.84. The third-order valence-electron chi connectivity index (χ3n) is 1.61. The van der Waals surface area contributed by atoms with Crippen LogP contribution < -0.4 is 0 Å². The van der Waals surface area contributed by atoms with Gasteiger partial charge in [-0.2, -0.15) is 0 Å². The summed E-state index contributed by atoms with van der Waals surface area (Å²) in [7, 11) is 1.65. The first kappa shape index (κ1) is 9.33. The quantitative estimate of drug-likeness (QED) is 0.666. The predicted octanol–water partition coefficient (Wildman–Crippen LogP) is 0.423. The molecule has 13 heavy (non-hydrogen) atoms. The van der Waals surface area contributed by atoms with Crippen molar-refractivity contribution in [1.82, 2.24) is 14.9 Å². The molecule has 1 heterocycles. The maximum Gasteiger partial charge on any atom is 0.272 e. The van der Waals surface area contributed by atoms with Gasteiger partial charge in [0, 0.05) is 7.05 Å². The van der Waals surface area contributed by atoms with Crippen molar-refractivity contribution in [2.24, 2.45) is 0 Å². The minimum absolute atomic E-state index is 0.140. The Kier molecular flexibility index (Phi) is 2.70. The first-order valence-corrected chi connectivity index (χ1v) is 3.85. The monoisotopic (exact) mass is 177 g/mol. The molecular weight excluding hydrogens is 166 g/mol. The zero-order valence-corrected chi connectivity index (χ0v) is 7.66. The lowest BCUT2D eigenvalue weighted by Gasteiger charge is -2.11. The second-order valence-corrected chi connectivity index (χ2v) is 2.75. The Morgan fingerprint density at radius 3 is 3.00 bits per heavy atom. The fourth-order valence-electron chi connectivity index (χ4n) is 0.944. The molecule has 0 bridgehead atoms. The third-order valence-corrected chi connectivity index (χ3v) is 1.61. The van der Waals surface area contributed by atoms with Crippen LogP contribution in [0.1, 0.15) is 16.3 Å². The lowest BCUT2D eigenvalue weighted by molar-refractivity contribution is 0.0807. The highest BCUT2D eigenvalue weighted by Gasteiger charge is 2.11. The first-order chi connectivity index (χ1) is 6.15. The van der Waals surface area contributed by atoms with E-state index in [0.29, 0.717) is 12.2 Å². The van der Waals surface area contributed by atoms with Gasteiger partial charge < -0.3 is 9.88 Å². The number of hydrogen-bond donors (Lipinski definition) is 1. The van der Waals surface area contributed by atoms with E-state index < -0.39 is 0 Å². The van der Waals surface area contributed by atoms with Gasteiger partial charge in [-0.1, -0.05) is 5.92 Å². The predicted molar refractivity (Wildman–Crippen MR) is 49.1 cm³/mol. The smallest absolute Gasteiger partial charge is 0.272 e. The van der Waals surface area contributed by atoms with Gasteiger partial charge >= 0.3 is 0 Å². The van der Waals surface area contributed by atoms with E-state index in [2.05, 4.69) is 15.9 Å². The van der Waals surface area contributed by atoms with Crippen molar-refractivity contribution in [2.75, 3.05) is 13.6 Å². The topological polar surface area (TPSA) is 49.0 Å². The van der Waals surface area contributed by atoms with Crippen LogP contribution in [0.5, 0.6) is 0 Å². The molecule has 68 valence electrons. The zero-order valence-electron chi connectivity index (χ0n) is 7.66. The van der Waals surface area contributed by atoms with Gasteiger partial charge in [-0.3, -0.25) is 4.79 Å². The van der Waals surface area contributed by atoms with Gasteiger partial charge in [0.25, 0.3) is 5.91 Å². The number of rotatable bonds is 2. The number of carbonyl (C=O) groups excluding carboxylic acids is 1. The number of H-pyrrole nitrogens is 1. The van der Waals surface area contributed by atoms with Crippen molar-refractivity contribution >= 4 is 5.91 Å². The number of amides is 1. The minimum Gasteiger partial charge on any atom is -0.338 e. The van der Waals surface area contributed by atoms with Gasteiger partial charge in [0.15, 0.2) is 0 Å². The summed E-state index contributed by atoms with van der Waals surface area (Å²) in [5.41, 5.74) is 0.468. The maximum atomic E-state index is 11.5. The molecule has 1 aromatic heterocycles. The van der Waals surface area contributed by atoms with Crippen LogP contribution in [-0.2, 0) is 0 Å². The van der Waals surface area contributed by atoms with E-state index in [-0.39, 0.29) is 5.91 Å². The number of imidazole rings is 1. The average molecular weight is 177 g/mol. The number of nitrogens with one attached hydrogen (secondary N) is 1. The van der Waals surface area contributed by atoms with Crippen molar-refractivity contribution in [3.63, 3.8) is 0 Å². The van der Waals surface area contributed by atoms with Crippen LogP contribution in [0.15, 0.2) is 6.20 Å². The van der Waals surface area contributed by atoms with Crippen LogP contribution in [0.3, 0.4) is 0 Å². The Hall–Kier alpha value is -1.76. The van der Waals surface area contributed by atoms with E-state index in [1.54, 1.807) is 14.0 Å². The molecule has 0 aliphatic heterocycles. The summed E-state index contributed by atoms with van der Waals surface area (Å²) in [4.78, 5) is 19.7. The molecule has 0 saturated heterocycles. The second-order valence-electron chi connectivity index (χ2n) is 2.75. The van der Waals surface area contributed by atoms with E-state index in [4.69, 9.17) is 6.42 Å². The van der Waals surface area contributed by atoms with Crippen molar-refractivity contribution in [3.05, 3.63) is 17.7 Å². The van der Waals surface area contributed by atoms with Gasteiger partial charge in [-0.15, -0.1) is 6.42 Å². The lowest BCUT2D eigenvalue weighted by Crippen LogP contribution is -2.27. The first-order valence-electron chi connectivity index (χ1n) is 3.85. The molecule has 0 aliphatic rings. The molecule has 1 N–H and O–H groups in total. The SMILES string of the molecule is C#CCN(C)C(=O)c1cnc(C)[nH]1. The van der Waals surface area contributed by atoms with E-state index in [1.807, 2.05) is 0 Å². The lowest BCUT2D eigenvalue weighted by atomic mass is 10.4. The summed E-state index contributed by atoms with van der Waals surface area (Å²) in [5.74, 6) is 2.98. The molecule has 0 spiro atoms. The largest absolute Gasteiger partial charge is 0.338 e. The standard InChI is InChI=1S/C9H11N3O/c1-4-5-12(3)9(13)8-6-10-7(2)11-8/h1,6H,5H2,2-3H3,(H,10,11). The Labute approximate surface area is 77.0 Å². The normalized spacial score (nSPS) is 9.31. The Morgan fingerprint density at radius 2 is 2.54 bits per heavy atom. The number of aromatic amines is 1. The second kappa shape index (κ2) is 3.76. The molecule has 1 aromatic rings. The number of hydrogen-bond acceptors (Lipinski definition) is 2. The van der Waals surface area contributed by atoms with Crippen molar-refractivity contribution in [1.29, 1.82) is 0 Å². The van der Waals surface area contributed by atoms with Crippen LogP contribution in [0.25, 0.3) is 0 Å². The van der Waals surface area contributed by atoms with Crippen LogP contribution in [0.4, 0.5) is 0 Å². The Bertz CT molecular complexity index is 348. The Balaban J connectivity index is 2.74. The molecule has 0 aliphatic carbocycles. The van der Waals surface area contributed by atoms with Crippen molar-refractivity contribution in [2.45, 2.75) is 6.92 Å². The molecule has 0 saturated carbocycles. The molecule has 1 amide bonds. The fraction of sp³-hybridized carbons (Fsp3) is 0.333. The molecule has 0 aromatic carbocycles. The number of aromatic nitrogens is 2. The van der Waals surface area contributed by atoms with Gasteiger partial charge in [0.1, 0.15) is 11.5 Å². The van der Waals surface area contributed by atoms with Gasteiger partial charge in [0.05, 0.1) is 12.7 Å². The minimum atomic E-state index is -0.140. The van der Waals surface area contributed by atoms with E-state index in [0.717, 1.165) is 5.82 Å². The molecule has 1 rings (SSSR count). The molecule has 0 unspecified atom stereocenters. The van der Waals surface area contributed by atoms with Gasteiger partial charge in [0.2, 0.25) is 0 Å². The molecular formula is C9H11N3O. The van der Waals surface area contributed by atoms with E-state index in [1.165, 1.54) is 11.1 Å².